The molecule has 0 bridgehead atoms. The lowest BCUT2D eigenvalue weighted by Gasteiger charge is -2.12. The van der Waals surface area contributed by atoms with Crippen LogP contribution in [0.2, 0.25) is 0 Å². The number of para-hydroxylation sites is 1. The van der Waals surface area contributed by atoms with Crippen molar-refractivity contribution in [1.29, 1.82) is 0 Å². The van der Waals surface area contributed by atoms with Gasteiger partial charge in [-0.2, -0.15) is 0 Å². The van der Waals surface area contributed by atoms with Crippen LogP contribution in [-0.2, 0) is 17.7 Å². The van der Waals surface area contributed by atoms with E-state index in [2.05, 4.69) is 27.3 Å². The first-order valence-electron chi connectivity index (χ1n) is 6.45. The largest absolute Gasteiger partial charge is 0.384 e. The zero-order valence-electron chi connectivity index (χ0n) is 11.3. The van der Waals surface area contributed by atoms with E-state index in [1.807, 2.05) is 24.3 Å². The molecule has 2 nitrogen and oxygen atoms in total. The van der Waals surface area contributed by atoms with Gasteiger partial charge < -0.3 is 10.1 Å². The SMILES string of the molecule is COCCc1ccccc1NCc1ccc(Br)c(F)c1. The molecule has 2 aromatic carbocycles. The van der Waals surface area contributed by atoms with E-state index in [1.165, 1.54) is 11.6 Å². The van der Waals surface area contributed by atoms with E-state index in [9.17, 15) is 4.39 Å². The molecule has 0 aliphatic carbocycles. The highest BCUT2D eigenvalue weighted by Crippen LogP contribution is 2.19. The first-order valence-corrected chi connectivity index (χ1v) is 7.24. The van der Waals surface area contributed by atoms with Crippen LogP contribution in [0.3, 0.4) is 0 Å². The third-order valence-corrected chi connectivity index (χ3v) is 3.70. The minimum absolute atomic E-state index is 0.239. The predicted octanol–water partition coefficient (Wildman–Crippen LogP) is 4.39. The summed E-state index contributed by atoms with van der Waals surface area (Å²) in [6, 6.07) is 13.3. The number of rotatable bonds is 6. The van der Waals surface area contributed by atoms with Crippen molar-refractivity contribution in [3.63, 3.8) is 0 Å². The smallest absolute Gasteiger partial charge is 0.137 e. The Hall–Kier alpha value is -1.39. The molecule has 0 atom stereocenters. The van der Waals surface area contributed by atoms with Crippen LogP contribution in [0.5, 0.6) is 0 Å². The molecule has 0 saturated carbocycles. The summed E-state index contributed by atoms with van der Waals surface area (Å²) in [4.78, 5) is 0. The van der Waals surface area contributed by atoms with Crippen LogP contribution in [0.25, 0.3) is 0 Å². The Kier molecular flexibility index (Phi) is 5.56. The molecule has 0 spiro atoms. The van der Waals surface area contributed by atoms with Crippen LogP contribution in [0, 0.1) is 5.82 Å². The molecule has 2 aromatic rings. The Balaban J connectivity index is 2.04. The van der Waals surface area contributed by atoms with Crippen molar-refractivity contribution in [2.24, 2.45) is 0 Å². The zero-order chi connectivity index (χ0) is 14.4. The predicted molar refractivity (Wildman–Crippen MR) is 83.4 cm³/mol. The summed E-state index contributed by atoms with van der Waals surface area (Å²) in [6.45, 7) is 1.28. The molecule has 0 radical (unpaired) electrons. The lowest BCUT2D eigenvalue weighted by Crippen LogP contribution is -2.04. The fraction of sp³-hybridized carbons (Fsp3) is 0.250. The van der Waals surface area contributed by atoms with Gasteiger partial charge in [0, 0.05) is 19.3 Å². The number of hydrogen-bond donors (Lipinski definition) is 1. The van der Waals surface area contributed by atoms with E-state index < -0.39 is 0 Å². The fourth-order valence-electron chi connectivity index (χ4n) is 1.97. The summed E-state index contributed by atoms with van der Waals surface area (Å²) in [7, 11) is 1.70. The van der Waals surface area contributed by atoms with Crippen LogP contribution in [-0.4, -0.2) is 13.7 Å². The van der Waals surface area contributed by atoms with Crippen molar-refractivity contribution in [3.8, 4) is 0 Å². The molecule has 1 N–H and O–H groups in total. The van der Waals surface area contributed by atoms with Crippen molar-refractivity contribution in [3.05, 3.63) is 63.9 Å². The lowest BCUT2D eigenvalue weighted by atomic mass is 10.1. The number of hydrogen-bond acceptors (Lipinski definition) is 2. The van der Waals surface area contributed by atoms with Crippen LogP contribution in [0.4, 0.5) is 10.1 Å². The molecule has 0 saturated heterocycles. The van der Waals surface area contributed by atoms with Crippen LogP contribution in [0.1, 0.15) is 11.1 Å². The van der Waals surface area contributed by atoms with E-state index in [-0.39, 0.29) is 5.82 Å². The fourth-order valence-corrected chi connectivity index (χ4v) is 2.22. The highest BCUT2D eigenvalue weighted by Gasteiger charge is 2.03. The van der Waals surface area contributed by atoms with E-state index in [1.54, 1.807) is 13.2 Å². The molecule has 0 aromatic heterocycles. The third kappa shape index (κ3) is 4.05. The first kappa shape index (κ1) is 15.0. The molecule has 0 aliphatic heterocycles. The van der Waals surface area contributed by atoms with Crippen LogP contribution in [0.15, 0.2) is 46.9 Å². The molecule has 4 heteroatoms. The van der Waals surface area contributed by atoms with E-state index in [0.29, 0.717) is 17.6 Å². The van der Waals surface area contributed by atoms with E-state index in [4.69, 9.17) is 4.74 Å². The molecular formula is C16H17BrFNO. The average Bonchev–Trinajstić information content (AvgIpc) is 2.47. The van der Waals surface area contributed by atoms with Crippen molar-refractivity contribution < 1.29 is 9.13 Å². The Labute approximate surface area is 127 Å². The molecule has 0 heterocycles. The second-order valence-electron chi connectivity index (χ2n) is 4.50. The summed E-state index contributed by atoms with van der Waals surface area (Å²) in [5.41, 5.74) is 3.17. The standard InChI is InChI=1S/C16H17BrFNO/c1-20-9-8-13-4-2-3-5-16(13)19-11-12-6-7-14(17)15(18)10-12/h2-7,10,19H,8-9,11H2,1H3. The second kappa shape index (κ2) is 7.41. The Morgan fingerprint density at radius 2 is 2.00 bits per heavy atom. The maximum Gasteiger partial charge on any atom is 0.137 e. The van der Waals surface area contributed by atoms with Gasteiger partial charge in [0.25, 0.3) is 0 Å². The van der Waals surface area contributed by atoms with Crippen molar-refractivity contribution in [1.82, 2.24) is 0 Å². The van der Waals surface area contributed by atoms with Gasteiger partial charge in [-0.1, -0.05) is 24.3 Å². The van der Waals surface area contributed by atoms with E-state index >= 15 is 0 Å². The summed E-state index contributed by atoms with van der Waals surface area (Å²) in [5.74, 6) is -0.239. The summed E-state index contributed by atoms with van der Waals surface area (Å²) >= 11 is 3.16. The normalized spacial score (nSPS) is 10.6. The second-order valence-corrected chi connectivity index (χ2v) is 5.36. The lowest BCUT2D eigenvalue weighted by molar-refractivity contribution is 0.202. The van der Waals surface area contributed by atoms with Gasteiger partial charge in [0.2, 0.25) is 0 Å². The van der Waals surface area contributed by atoms with Gasteiger partial charge in [-0.05, 0) is 51.7 Å². The van der Waals surface area contributed by atoms with Crippen molar-refractivity contribution in [2.75, 3.05) is 19.0 Å². The van der Waals surface area contributed by atoms with Crippen molar-refractivity contribution >= 4 is 21.6 Å². The van der Waals surface area contributed by atoms with Crippen molar-refractivity contribution in [2.45, 2.75) is 13.0 Å². The maximum atomic E-state index is 13.5. The molecular weight excluding hydrogens is 321 g/mol. The minimum atomic E-state index is -0.239. The quantitative estimate of drug-likeness (QED) is 0.844. The summed E-state index contributed by atoms with van der Waals surface area (Å²) in [5, 5.41) is 3.35. The maximum absolute atomic E-state index is 13.5. The molecule has 20 heavy (non-hydrogen) atoms. The Bertz CT molecular complexity index is 574. The number of benzene rings is 2. The highest BCUT2D eigenvalue weighted by molar-refractivity contribution is 9.10. The summed E-state index contributed by atoms with van der Waals surface area (Å²) < 4.78 is 19.1. The van der Waals surface area contributed by atoms with Gasteiger partial charge in [-0.25, -0.2) is 4.39 Å². The summed E-state index contributed by atoms with van der Waals surface area (Å²) in [6.07, 6.45) is 0.856. The highest BCUT2D eigenvalue weighted by atomic mass is 79.9. The third-order valence-electron chi connectivity index (χ3n) is 3.06. The van der Waals surface area contributed by atoms with Crippen LogP contribution < -0.4 is 5.32 Å². The zero-order valence-corrected chi connectivity index (χ0v) is 12.9. The molecule has 0 amide bonds. The molecule has 0 aliphatic rings. The monoisotopic (exact) mass is 337 g/mol. The number of methoxy groups -OCH3 is 1. The van der Waals surface area contributed by atoms with Gasteiger partial charge in [0.05, 0.1) is 11.1 Å². The number of nitrogens with one attached hydrogen (secondary N) is 1. The van der Waals surface area contributed by atoms with Gasteiger partial charge in [-0.3, -0.25) is 0 Å². The number of anilines is 1. The van der Waals surface area contributed by atoms with Gasteiger partial charge in [-0.15, -0.1) is 0 Å². The first-order chi connectivity index (χ1) is 9.70. The van der Waals surface area contributed by atoms with E-state index in [0.717, 1.165) is 17.7 Å². The van der Waals surface area contributed by atoms with Gasteiger partial charge in [0.1, 0.15) is 5.82 Å². The van der Waals surface area contributed by atoms with Gasteiger partial charge in [0.15, 0.2) is 0 Å². The topological polar surface area (TPSA) is 21.3 Å². The number of ether oxygens (including phenoxy) is 1. The molecule has 0 fully saturated rings. The molecule has 0 unspecified atom stereocenters. The molecule has 2 rings (SSSR count). The van der Waals surface area contributed by atoms with Gasteiger partial charge >= 0.3 is 0 Å². The Morgan fingerprint density at radius 1 is 1.20 bits per heavy atom. The molecule has 106 valence electrons. The average molecular weight is 338 g/mol. The van der Waals surface area contributed by atoms with Crippen LogP contribution >= 0.6 is 15.9 Å². The Morgan fingerprint density at radius 3 is 2.75 bits per heavy atom. The minimum Gasteiger partial charge on any atom is -0.384 e. The number of halogens is 2.